The van der Waals surface area contributed by atoms with E-state index in [1.165, 1.54) is 4.90 Å². The Hall–Kier alpha value is -2.60. The minimum absolute atomic E-state index is 0.0674. The molecule has 0 aromatic heterocycles. The van der Waals surface area contributed by atoms with Crippen molar-refractivity contribution in [2.75, 3.05) is 27.3 Å². The summed E-state index contributed by atoms with van der Waals surface area (Å²) in [7, 11) is 3.36. The summed E-state index contributed by atoms with van der Waals surface area (Å²) in [4.78, 5) is 26.2. The van der Waals surface area contributed by atoms with Crippen molar-refractivity contribution < 1.29 is 19.1 Å². The predicted molar refractivity (Wildman–Crippen MR) is 117 cm³/mol. The summed E-state index contributed by atoms with van der Waals surface area (Å²) in [5.41, 5.74) is 3.49. The van der Waals surface area contributed by atoms with Crippen LogP contribution in [0.4, 0.5) is 0 Å². The molecule has 0 atom stereocenters. The molecule has 1 aliphatic rings. The lowest BCUT2D eigenvalue weighted by Crippen LogP contribution is -2.27. The van der Waals surface area contributed by atoms with Crippen LogP contribution in [-0.2, 0) is 11.2 Å². The molecule has 6 heteroatoms. The van der Waals surface area contributed by atoms with Gasteiger partial charge in [-0.3, -0.25) is 9.59 Å². The molecule has 0 radical (unpaired) electrons. The maximum Gasteiger partial charge on any atom is 0.259 e. The molecular formula is C23H24BrNO4. The van der Waals surface area contributed by atoms with Crippen molar-refractivity contribution in [1.29, 1.82) is 0 Å². The second-order valence-electron chi connectivity index (χ2n) is 7.00. The third kappa shape index (κ3) is 4.88. The van der Waals surface area contributed by atoms with E-state index in [1.54, 1.807) is 14.1 Å². The summed E-state index contributed by atoms with van der Waals surface area (Å²) >= 11 is 3.52. The van der Waals surface area contributed by atoms with Gasteiger partial charge in [-0.15, -0.1) is 0 Å². The molecule has 0 saturated carbocycles. The highest BCUT2D eigenvalue weighted by Crippen LogP contribution is 2.38. The first-order chi connectivity index (χ1) is 13.9. The Labute approximate surface area is 179 Å². The summed E-state index contributed by atoms with van der Waals surface area (Å²) in [6.07, 6.45) is 3.45. The van der Waals surface area contributed by atoms with Crippen LogP contribution < -0.4 is 9.47 Å². The third-order valence-corrected chi connectivity index (χ3v) is 5.32. The van der Waals surface area contributed by atoms with Gasteiger partial charge in [0.25, 0.3) is 5.91 Å². The molecule has 1 aliphatic carbocycles. The number of allylic oxidation sites excluding steroid dienone is 1. The first kappa shape index (κ1) is 21.1. The Bertz CT molecular complexity index is 965. The van der Waals surface area contributed by atoms with Crippen molar-refractivity contribution in [2.24, 2.45) is 0 Å². The van der Waals surface area contributed by atoms with Gasteiger partial charge >= 0.3 is 0 Å². The molecule has 0 aliphatic heterocycles. The van der Waals surface area contributed by atoms with Gasteiger partial charge in [0.05, 0.1) is 11.1 Å². The number of Topliss-reactive ketones (excluding diaryl/α,β-unsaturated/α-hetero) is 1. The average Bonchev–Trinajstić information content (AvgIpc) is 2.69. The van der Waals surface area contributed by atoms with Crippen molar-refractivity contribution >= 4 is 33.7 Å². The molecule has 0 spiro atoms. The number of carbonyl (C=O) groups is 2. The largest absolute Gasteiger partial charge is 0.490 e. The number of likely N-dealkylation sites (N-methyl/N-ethyl adjacent to an activating group) is 1. The van der Waals surface area contributed by atoms with Gasteiger partial charge in [-0.25, -0.2) is 0 Å². The zero-order valence-electron chi connectivity index (χ0n) is 16.8. The monoisotopic (exact) mass is 457 g/mol. The van der Waals surface area contributed by atoms with Gasteiger partial charge in [0.2, 0.25) is 0 Å². The molecule has 0 unspecified atom stereocenters. The summed E-state index contributed by atoms with van der Waals surface area (Å²) in [6.45, 7) is 2.26. The molecule has 1 amide bonds. The molecule has 152 valence electrons. The molecule has 5 nitrogen and oxygen atoms in total. The van der Waals surface area contributed by atoms with Crippen LogP contribution in [0.3, 0.4) is 0 Å². The minimum Gasteiger partial charge on any atom is -0.490 e. The number of rotatable bonds is 6. The Kier molecular flexibility index (Phi) is 6.75. The van der Waals surface area contributed by atoms with Crippen molar-refractivity contribution in [3.63, 3.8) is 0 Å². The number of amides is 1. The molecule has 0 fully saturated rings. The molecule has 0 bridgehead atoms. The number of hydrogen-bond acceptors (Lipinski definition) is 4. The quantitative estimate of drug-likeness (QED) is 0.598. The van der Waals surface area contributed by atoms with E-state index in [4.69, 9.17) is 9.47 Å². The number of halogens is 1. The first-order valence-electron chi connectivity index (χ1n) is 9.53. The Morgan fingerprint density at radius 2 is 1.93 bits per heavy atom. The van der Waals surface area contributed by atoms with E-state index in [9.17, 15) is 9.59 Å². The van der Waals surface area contributed by atoms with Gasteiger partial charge in [-0.1, -0.05) is 24.3 Å². The van der Waals surface area contributed by atoms with Crippen LogP contribution in [0.1, 0.15) is 34.8 Å². The lowest BCUT2D eigenvalue weighted by Gasteiger charge is -2.18. The molecule has 2 aromatic rings. The van der Waals surface area contributed by atoms with E-state index >= 15 is 0 Å². The van der Waals surface area contributed by atoms with E-state index in [0.29, 0.717) is 29.0 Å². The molecular weight excluding hydrogens is 434 g/mol. The number of aryl methyl sites for hydroxylation is 1. The molecule has 2 aromatic carbocycles. The van der Waals surface area contributed by atoms with Crippen molar-refractivity contribution in [1.82, 2.24) is 4.90 Å². The van der Waals surface area contributed by atoms with E-state index in [1.807, 2.05) is 49.4 Å². The molecule has 29 heavy (non-hydrogen) atoms. The predicted octanol–water partition coefficient (Wildman–Crippen LogP) is 4.53. The fourth-order valence-corrected chi connectivity index (χ4v) is 3.77. The second-order valence-corrected chi connectivity index (χ2v) is 7.85. The Morgan fingerprint density at radius 1 is 1.17 bits per heavy atom. The van der Waals surface area contributed by atoms with Crippen molar-refractivity contribution in [3.05, 3.63) is 63.1 Å². The van der Waals surface area contributed by atoms with Crippen molar-refractivity contribution in [2.45, 2.75) is 19.8 Å². The van der Waals surface area contributed by atoms with Gasteiger partial charge in [0, 0.05) is 25.2 Å². The maximum atomic E-state index is 12.8. The van der Waals surface area contributed by atoms with Crippen LogP contribution in [0, 0.1) is 0 Å². The molecule has 0 saturated heterocycles. The highest BCUT2D eigenvalue weighted by atomic mass is 79.9. The van der Waals surface area contributed by atoms with E-state index in [-0.39, 0.29) is 18.3 Å². The third-order valence-electron chi connectivity index (χ3n) is 4.73. The van der Waals surface area contributed by atoms with E-state index in [2.05, 4.69) is 15.9 Å². The number of hydrogen-bond donors (Lipinski definition) is 0. The lowest BCUT2D eigenvalue weighted by atomic mass is 9.86. The number of ketones is 1. The number of ether oxygens (including phenoxy) is 2. The minimum atomic E-state index is -0.142. The summed E-state index contributed by atoms with van der Waals surface area (Å²) < 4.78 is 12.1. The second kappa shape index (κ2) is 9.27. The number of fused-ring (bicyclic) bond motifs is 1. The van der Waals surface area contributed by atoms with Gasteiger partial charge in [-0.2, -0.15) is 0 Å². The van der Waals surface area contributed by atoms with Crippen molar-refractivity contribution in [3.8, 4) is 11.5 Å². The fourth-order valence-electron chi connectivity index (χ4n) is 3.19. The average molecular weight is 458 g/mol. The Morgan fingerprint density at radius 3 is 2.66 bits per heavy atom. The standard InChI is InChI=1S/C23H24BrNO4/c1-4-28-20-13-15(12-19(24)23(20)29-14-21(26)25(2)3)11-17-10-9-16-7-5-6-8-18(16)22(17)27/h5-8,11-13H,4,9-10,14H2,1-3H3. The van der Waals surface area contributed by atoms with Gasteiger partial charge in [0.1, 0.15) is 0 Å². The Balaban J connectivity index is 1.90. The van der Waals surface area contributed by atoms with Crippen LogP contribution in [0.25, 0.3) is 6.08 Å². The summed E-state index contributed by atoms with van der Waals surface area (Å²) in [5, 5.41) is 0. The zero-order chi connectivity index (χ0) is 21.0. The summed E-state index contributed by atoms with van der Waals surface area (Å²) in [6, 6.07) is 11.5. The van der Waals surface area contributed by atoms with Crippen LogP contribution in [0.2, 0.25) is 0 Å². The van der Waals surface area contributed by atoms with Crippen LogP contribution in [0.5, 0.6) is 11.5 Å². The molecule has 0 heterocycles. The zero-order valence-corrected chi connectivity index (χ0v) is 18.4. The lowest BCUT2D eigenvalue weighted by molar-refractivity contribution is -0.130. The molecule has 3 rings (SSSR count). The normalized spacial score (nSPS) is 14.5. The highest BCUT2D eigenvalue weighted by molar-refractivity contribution is 9.10. The van der Waals surface area contributed by atoms with E-state index in [0.717, 1.165) is 28.7 Å². The summed E-state index contributed by atoms with van der Waals surface area (Å²) in [5.74, 6) is 0.934. The highest BCUT2D eigenvalue weighted by Gasteiger charge is 2.22. The van der Waals surface area contributed by atoms with Gasteiger partial charge < -0.3 is 14.4 Å². The molecule has 0 N–H and O–H groups in total. The van der Waals surface area contributed by atoms with Gasteiger partial charge in [-0.05, 0) is 65.0 Å². The van der Waals surface area contributed by atoms with Crippen LogP contribution in [-0.4, -0.2) is 43.9 Å². The SMILES string of the molecule is CCOc1cc(C=C2CCc3ccccc3C2=O)cc(Br)c1OCC(=O)N(C)C. The van der Waals surface area contributed by atoms with Crippen LogP contribution >= 0.6 is 15.9 Å². The first-order valence-corrected chi connectivity index (χ1v) is 10.3. The van der Waals surface area contributed by atoms with Crippen LogP contribution in [0.15, 0.2) is 46.4 Å². The number of benzene rings is 2. The van der Waals surface area contributed by atoms with E-state index < -0.39 is 0 Å². The maximum absolute atomic E-state index is 12.8. The number of nitrogens with zero attached hydrogens (tertiary/aromatic N) is 1. The number of carbonyl (C=O) groups excluding carboxylic acids is 2. The fraction of sp³-hybridized carbons (Fsp3) is 0.304. The smallest absolute Gasteiger partial charge is 0.259 e. The topological polar surface area (TPSA) is 55.8 Å². The van der Waals surface area contributed by atoms with Gasteiger partial charge in [0.15, 0.2) is 23.9 Å².